The third kappa shape index (κ3) is 4.91. The summed E-state index contributed by atoms with van der Waals surface area (Å²) in [6.45, 7) is 4.59. The summed E-state index contributed by atoms with van der Waals surface area (Å²) in [5, 5.41) is 2.98. The monoisotopic (exact) mass is 285 g/mol. The van der Waals surface area contributed by atoms with Crippen molar-refractivity contribution in [3.8, 4) is 0 Å². The van der Waals surface area contributed by atoms with Gasteiger partial charge in [0.05, 0.1) is 4.90 Å². The van der Waals surface area contributed by atoms with Crippen molar-refractivity contribution in [2.24, 2.45) is 0 Å². The lowest BCUT2D eigenvalue weighted by Crippen LogP contribution is -2.33. The van der Waals surface area contributed by atoms with Crippen molar-refractivity contribution >= 4 is 10.0 Å². The van der Waals surface area contributed by atoms with E-state index in [1.54, 1.807) is 19.2 Å². The largest absolute Gasteiger partial charge is 0.316 e. The molecule has 0 aliphatic carbocycles. The van der Waals surface area contributed by atoms with Gasteiger partial charge in [0.1, 0.15) is 0 Å². The maximum absolute atomic E-state index is 12.2. The first-order chi connectivity index (χ1) is 9.01. The molecule has 19 heavy (non-hydrogen) atoms. The van der Waals surface area contributed by atoms with Gasteiger partial charge in [-0.25, -0.2) is 13.1 Å². The number of rotatable bonds is 8. The van der Waals surface area contributed by atoms with Gasteiger partial charge in [-0.05, 0) is 32.3 Å². The van der Waals surface area contributed by atoms with E-state index in [0.717, 1.165) is 12.1 Å². The Kier molecular flexibility index (Phi) is 6.44. The highest BCUT2D eigenvalue weighted by molar-refractivity contribution is 7.89. The Morgan fingerprint density at radius 1 is 1.26 bits per heavy atom. The summed E-state index contributed by atoms with van der Waals surface area (Å²) in [7, 11) is 0.327. The van der Waals surface area contributed by atoms with Crippen LogP contribution in [-0.4, -0.2) is 47.0 Å². The molecule has 1 rings (SSSR count). The standard InChI is InChI=1S/C13H23N3O2S/c1-4-16(3)10-9-15-19(17,18)13-8-6-5-7-12(13)11-14-2/h5-8,14-15H,4,9-11H2,1-3H3. The molecule has 0 bridgehead atoms. The molecule has 5 nitrogen and oxygen atoms in total. The zero-order valence-corrected chi connectivity index (χ0v) is 12.6. The molecule has 1 aromatic carbocycles. The van der Waals surface area contributed by atoms with E-state index < -0.39 is 10.0 Å². The Morgan fingerprint density at radius 2 is 1.95 bits per heavy atom. The van der Waals surface area contributed by atoms with Gasteiger partial charge in [-0.2, -0.15) is 0 Å². The van der Waals surface area contributed by atoms with Crippen molar-refractivity contribution in [2.75, 3.05) is 33.7 Å². The molecule has 0 unspecified atom stereocenters. The first kappa shape index (κ1) is 16.1. The predicted molar refractivity (Wildman–Crippen MR) is 77.6 cm³/mol. The van der Waals surface area contributed by atoms with Gasteiger partial charge in [0.25, 0.3) is 0 Å². The molecule has 0 aliphatic rings. The van der Waals surface area contributed by atoms with E-state index in [9.17, 15) is 8.42 Å². The van der Waals surface area contributed by atoms with Gasteiger partial charge in [-0.1, -0.05) is 25.1 Å². The van der Waals surface area contributed by atoms with Gasteiger partial charge in [0.15, 0.2) is 0 Å². The predicted octanol–water partition coefficient (Wildman–Crippen LogP) is 0.636. The summed E-state index contributed by atoms with van der Waals surface area (Å²) >= 11 is 0. The second-order valence-electron chi connectivity index (χ2n) is 4.43. The van der Waals surface area contributed by atoms with Crippen LogP contribution < -0.4 is 10.0 Å². The minimum absolute atomic E-state index is 0.350. The van der Waals surface area contributed by atoms with E-state index >= 15 is 0 Å². The number of hydrogen-bond donors (Lipinski definition) is 2. The van der Waals surface area contributed by atoms with E-state index in [4.69, 9.17) is 0 Å². The summed E-state index contributed by atoms with van der Waals surface area (Å²) in [6, 6.07) is 7.05. The van der Waals surface area contributed by atoms with Gasteiger partial charge in [0.2, 0.25) is 10.0 Å². The topological polar surface area (TPSA) is 61.4 Å². The van der Waals surface area contributed by atoms with Crippen molar-refractivity contribution in [3.63, 3.8) is 0 Å². The normalized spacial score (nSPS) is 12.0. The molecule has 108 valence electrons. The van der Waals surface area contributed by atoms with Gasteiger partial charge in [-0.15, -0.1) is 0 Å². The van der Waals surface area contributed by atoms with Gasteiger partial charge >= 0.3 is 0 Å². The third-order valence-electron chi connectivity index (χ3n) is 2.95. The molecule has 0 amide bonds. The smallest absolute Gasteiger partial charge is 0.240 e. The first-order valence-electron chi connectivity index (χ1n) is 6.42. The third-order valence-corrected chi connectivity index (χ3v) is 4.52. The molecule has 0 atom stereocenters. The lowest BCUT2D eigenvalue weighted by molar-refractivity contribution is 0.358. The molecular weight excluding hydrogens is 262 g/mol. The van der Waals surface area contributed by atoms with Crippen LogP contribution in [-0.2, 0) is 16.6 Å². The molecule has 0 aliphatic heterocycles. The van der Waals surface area contributed by atoms with Gasteiger partial charge in [0, 0.05) is 19.6 Å². The molecule has 0 saturated carbocycles. The molecule has 0 saturated heterocycles. The van der Waals surface area contributed by atoms with Crippen molar-refractivity contribution in [1.29, 1.82) is 0 Å². The SMILES string of the molecule is CCN(C)CCNS(=O)(=O)c1ccccc1CNC. The minimum Gasteiger partial charge on any atom is -0.316 e. The van der Waals surface area contributed by atoms with Crippen LogP contribution in [0.4, 0.5) is 0 Å². The fourth-order valence-corrected chi connectivity index (χ4v) is 2.97. The highest BCUT2D eigenvalue weighted by Gasteiger charge is 2.17. The van der Waals surface area contributed by atoms with Crippen molar-refractivity contribution in [1.82, 2.24) is 14.9 Å². The molecule has 0 radical (unpaired) electrons. The van der Waals surface area contributed by atoms with Crippen LogP contribution >= 0.6 is 0 Å². The summed E-state index contributed by atoms with van der Waals surface area (Å²) < 4.78 is 27.1. The van der Waals surface area contributed by atoms with E-state index in [0.29, 0.717) is 24.5 Å². The van der Waals surface area contributed by atoms with Gasteiger partial charge < -0.3 is 10.2 Å². The van der Waals surface area contributed by atoms with Crippen molar-refractivity contribution in [2.45, 2.75) is 18.4 Å². The van der Waals surface area contributed by atoms with Crippen LogP contribution in [0.3, 0.4) is 0 Å². The van der Waals surface area contributed by atoms with Crippen LogP contribution in [0.25, 0.3) is 0 Å². The van der Waals surface area contributed by atoms with E-state index in [1.807, 2.05) is 26.1 Å². The Hall–Kier alpha value is -0.950. The zero-order chi connectivity index (χ0) is 14.3. The lowest BCUT2D eigenvalue weighted by Gasteiger charge is -2.15. The van der Waals surface area contributed by atoms with Gasteiger partial charge in [-0.3, -0.25) is 0 Å². The number of benzene rings is 1. The molecule has 0 spiro atoms. The van der Waals surface area contributed by atoms with Crippen LogP contribution in [0.15, 0.2) is 29.2 Å². The maximum atomic E-state index is 12.2. The summed E-state index contributed by atoms with van der Waals surface area (Å²) in [5.74, 6) is 0. The summed E-state index contributed by atoms with van der Waals surface area (Å²) in [4.78, 5) is 2.41. The fourth-order valence-electron chi connectivity index (χ4n) is 1.71. The van der Waals surface area contributed by atoms with Crippen LogP contribution in [0.1, 0.15) is 12.5 Å². The van der Waals surface area contributed by atoms with Crippen molar-refractivity contribution in [3.05, 3.63) is 29.8 Å². The molecule has 0 fully saturated rings. The Labute approximate surface area is 116 Å². The lowest BCUT2D eigenvalue weighted by atomic mass is 10.2. The van der Waals surface area contributed by atoms with E-state index in [2.05, 4.69) is 14.9 Å². The van der Waals surface area contributed by atoms with Crippen LogP contribution in [0.2, 0.25) is 0 Å². The van der Waals surface area contributed by atoms with E-state index in [1.165, 1.54) is 0 Å². The highest BCUT2D eigenvalue weighted by atomic mass is 32.2. The number of nitrogens with one attached hydrogen (secondary N) is 2. The quantitative estimate of drug-likeness (QED) is 0.736. The highest BCUT2D eigenvalue weighted by Crippen LogP contribution is 2.14. The molecule has 2 N–H and O–H groups in total. The maximum Gasteiger partial charge on any atom is 0.240 e. The number of hydrogen-bond acceptors (Lipinski definition) is 4. The Bertz CT molecular complexity index is 488. The second kappa shape index (κ2) is 7.59. The average molecular weight is 285 g/mol. The Balaban J connectivity index is 2.77. The first-order valence-corrected chi connectivity index (χ1v) is 7.90. The Morgan fingerprint density at radius 3 is 2.58 bits per heavy atom. The summed E-state index contributed by atoms with van der Waals surface area (Å²) in [5.41, 5.74) is 0.779. The molecule has 1 aromatic rings. The number of sulfonamides is 1. The molecule has 6 heteroatoms. The second-order valence-corrected chi connectivity index (χ2v) is 6.17. The minimum atomic E-state index is -3.43. The van der Waals surface area contributed by atoms with Crippen LogP contribution in [0.5, 0.6) is 0 Å². The zero-order valence-electron chi connectivity index (χ0n) is 11.8. The van der Waals surface area contributed by atoms with Crippen molar-refractivity contribution < 1.29 is 8.42 Å². The number of likely N-dealkylation sites (N-methyl/N-ethyl adjacent to an activating group) is 1. The molecule has 0 aromatic heterocycles. The average Bonchev–Trinajstić information content (AvgIpc) is 2.39. The van der Waals surface area contributed by atoms with Crippen LogP contribution in [0, 0.1) is 0 Å². The fraction of sp³-hybridized carbons (Fsp3) is 0.538. The number of nitrogens with zero attached hydrogens (tertiary/aromatic N) is 1. The molecule has 0 heterocycles. The molecular formula is C13H23N3O2S. The van der Waals surface area contributed by atoms with E-state index in [-0.39, 0.29) is 0 Å². The summed E-state index contributed by atoms with van der Waals surface area (Å²) in [6.07, 6.45) is 0.